The molecule has 0 saturated heterocycles. The van der Waals surface area contributed by atoms with Crippen LogP contribution in [0.3, 0.4) is 0 Å². The van der Waals surface area contributed by atoms with E-state index in [0.29, 0.717) is 11.3 Å². The Hall–Kier alpha value is -3.78. The Bertz CT molecular complexity index is 1270. The summed E-state index contributed by atoms with van der Waals surface area (Å²) in [6.45, 7) is 0. The Morgan fingerprint density at radius 2 is 1.59 bits per heavy atom. The van der Waals surface area contributed by atoms with Crippen molar-refractivity contribution in [3.05, 3.63) is 100 Å². The fourth-order valence-corrected chi connectivity index (χ4v) is 3.91. The molecule has 1 heterocycles. The molecule has 176 valence electrons. The van der Waals surface area contributed by atoms with Gasteiger partial charge in [-0.3, -0.25) is 0 Å². The summed E-state index contributed by atoms with van der Waals surface area (Å²) in [5, 5.41) is 11.6. The number of cyclic esters (lactones) is 1. The molecular formula is C26H22F3NO4. The quantitative estimate of drug-likeness (QED) is 0.423. The third-order valence-corrected chi connectivity index (χ3v) is 5.77. The molecule has 0 aliphatic carbocycles. The zero-order chi connectivity index (χ0) is 24.6. The van der Waals surface area contributed by atoms with Crippen molar-refractivity contribution in [2.45, 2.75) is 12.2 Å². The summed E-state index contributed by atoms with van der Waals surface area (Å²) >= 11 is 0. The predicted octanol–water partition coefficient (Wildman–Crippen LogP) is 4.58. The minimum atomic E-state index is -2.25. The molecule has 1 aliphatic rings. The normalized spacial score (nSPS) is 17.7. The lowest BCUT2D eigenvalue weighted by Gasteiger charge is -2.26. The molecule has 0 amide bonds. The van der Waals surface area contributed by atoms with Crippen molar-refractivity contribution in [1.29, 1.82) is 0 Å². The molecule has 1 atom stereocenters. The van der Waals surface area contributed by atoms with Gasteiger partial charge in [-0.1, -0.05) is 12.1 Å². The van der Waals surface area contributed by atoms with Gasteiger partial charge in [-0.25, -0.2) is 18.0 Å². The molecule has 34 heavy (non-hydrogen) atoms. The predicted molar refractivity (Wildman–Crippen MR) is 121 cm³/mol. The summed E-state index contributed by atoms with van der Waals surface area (Å²) in [5.41, 5.74) is 0.962. The van der Waals surface area contributed by atoms with Crippen LogP contribution in [0.4, 0.5) is 18.9 Å². The van der Waals surface area contributed by atoms with Crippen LogP contribution in [0.2, 0.25) is 0 Å². The molecule has 0 radical (unpaired) electrons. The van der Waals surface area contributed by atoms with Crippen molar-refractivity contribution >= 4 is 17.2 Å². The number of halogens is 3. The second kappa shape index (κ2) is 8.87. The van der Waals surface area contributed by atoms with Crippen LogP contribution in [-0.4, -0.2) is 32.3 Å². The molecule has 1 aliphatic heterocycles. The highest BCUT2D eigenvalue weighted by molar-refractivity contribution is 6.20. The van der Waals surface area contributed by atoms with Crippen molar-refractivity contribution < 1.29 is 32.5 Å². The molecule has 3 aromatic carbocycles. The summed E-state index contributed by atoms with van der Waals surface area (Å²) in [6, 6.07) is 15.1. The van der Waals surface area contributed by atoms with Gasteiger partial charge in [0.25, 0.3) is 5.79 Å². The van der Waals surface area contributed by atoms with E-state index in [1.807, 2.05) is 31.1 Å². The number of rotatable bonds is 6. The Balaban J connectivity index is 1.90. The molecule has 0 saturated carbocycles. The van der Waals surface area contributed by atoms with Gasteiger partial charge in [-0.15, -0.1) is 0 Å². The first-order valence-electron chi connectivity index (χ1n) is 10.4. The lowest BCUT2D eigenvalue weighted by molar-refractivity contribution is -0.185. The number of nitrogens with zero attached hydrogens (tertiary/aromatic N) is 1. The number of carbonyl (C=O) groups excluding carboxylic acids is 1. The van der Waals surface area contributed by atoms with Crippen LogP contribution in [0, 0.1) is 17.5 Å². The third-order valence-electron chi connectivity index (χ3n) is 5.77. The molecule has 8 heteroatoms. The molecule has 0 bridgehead atoms. The van der Waals surface area contributed by atoms with Crippen LogP contribution < -0.4 is 9.64 Å². The lowest BCUT2D eigenvalue weighted by Crippen LogP contribution is -2.29. The summed E-state index contributed by atoms with van der Waals surface area (Å²) in [4.78, 5) is 14.8. The number of methoxy groups -OCH3 is 1. The van der Waals surface area contributed by atoms with Crippen molar-refractivity contribution in [3.8, 4) is 5.75 Å². The van der Waals surface area contributed by atoms with Crippen LogP contribution in [-0.2, 0) is 21.7 Å². The molecule has 4 rings (SSSR count). The summed E-state index contributed by atoms with van der Waals surface area (Å²) in [5.74, 6) is -7.44. The van der Waals surface area contributed by atoms with Crippen molar-refractivity contribution in [2.75, 3.05) is 26.1 Å². The smallest absolute Gasteiger partial charge is 0.342 e. The van der Waals surface area contributed by atoms with Gasteiger partial charge < -0.3 is 19.5 Å². The topological polar surface area (TPSA) is 59.0 Å². The van der Waals surface area contributed by atoms with Gasteiger partial charge in [-0.2, -0.15) is 0 Å². The highest BCUT2D eigenvalue weighted by Gasteiger charge is 2.48. The number of anilines is 1. The van der Waals surface area contributed by atoms with Crippen molar-refractivity contribution in [3.63, 3.8) is 0 Å². The Morgan fingerprint density at radius 3 is 2.18 bits per heavy atom. The standard InChI is InChI=1S/C26H22F3NO4/c1-30(2)17-8-4-15(5-9-17)14-20-22(19-12-13-21(27)24(29)23(19)28)25(31)34-26(20,32)16-6-10-18(33-3)11-7-16/h4-13,32H,14H2,1-3H3. The van der Waals surface area contributed by atoms with Gasteiger partial charge in [0.15, 0.2) is 17.5 Å². The van der Waals surface area contributed by atoms with Gasteiger partial charge in [0.1, 0.15) is 5.75 Å². The molecule has 0 aromatic heterocycles. The van der Waals surface area contributed by atoms with E-state index in [-0.39, 0.29) is 23.1 Å². The number of esters is 1. The minimum Gasteiger partial charge on any atom is -0.497 e. The van der Waals surface area contributed by atoms with E-state index in [9.17, 15) is 23.1 Å². The maximum absolute atomic E-state index is 14.7. The number of benzene rings is 3. The Kier molecular flexibility index (Phi) is 6.10. The summed E-state index contributed by atoms with van der Waals surface area (Å²) in [7, 11) is 5.24. The summed E-state index contributed by atoms with van der Waals surface area (Å²) in [6.07, 6.45) is -0.0181. The monoisotopic (exact) mass is 469 g/mol. The first-order chi connectivity index (χ1) is 16.2. The van der Waals surface area contributed by atoms with Crippen LogP contribution in [0.15, 0.2) is 66.2 Å². The molecule has 1 N–H and O–H groups in total. The third kappa shape index (κ3) is 4.01. The second-order valence-corrected chi connectivity index (χ2v) is 8.08. The number of hydrogen-bond acceptors (Lipinski definition) is 5. The average molecular weight is 469 g/mol. The minimum absolute atomic E-state index is 0.00479. The van der Waals surface area contributed by atoms with Crippen LogP contribution >= 0.6 is 0 Å². The highest BCUT2D eigenvalue weighted by Crippen LogP contribution is 2.45. The van der Waals surface area contributed by atoms with Gasteiger partial charge >= 0.3 is 5.97 Å². The second-order valence-electron chi connectivity index (χ2n) is 8.08. The fraction of sp³-hybridized carbons (Fsp3) is 0.192. The van der Waals surface area contributed by atoms with Crippen molar-refractivity contribution in [2.24, 2.45) is 0 Å². The number of hydrogen-bond donors (Lipinski definition) is 1. The summed E-state index contributed by atoms with van der Waals surface area (Å²) < 4.78 is 52.8. The van der Waals surface area contributed by atoms with Gasteiger partial charge in [0.2, 0.25) is 0 Å². The number of aliphatic hydroxyl groups is 1. The van der Waals surface area contributed by atoms with Crippen molar-refractivity contribution in [1.82, 2.24) is 0 Å². The van der Waals surface area contributed by atoms with E-state index in [1.54, 1.807) is 24.3 Å². The molecule has 0 spiro atoms. The highest BCUT2D eigenvalue weighted by atomic mass is 19.2. The molecular weight excluding hydrogens is 447 g/mol. The van der Waals surface area contributed by atoms with Crippen LogP contribution in [0.1, 0.15) is 16.7 Å². The van der Waals surface area contributed by atoms with Crippen LogP contribution in [0.25, 0.3) is 5.57 Å². The molecule has 5 nitrogen and oxygen atoms in total. The first-order valence-corrected chi connectivity index (χ1v) is 10.4. The van der Waals surface area contributed by atoms with Gasteiger partial charge in [0.05, 0.1) is 12.7 Å². The number of ether oxygens (including phenoxy) is 2. The van der Waals surface area contributed by atoms with Gasteiger partial charge in [0, 0.05) is 42.9 Å². The average Bonchev–Trinajstić information content (AvgIpc) is 3.08. The zero-order valence-electron chi connectivity index (χ0n) is 18.7. The van der Waals surface area contributed by atoms with E-state index >= 15 is 0 Å². The fourth-order valence-electron chi connectivity index (χ4n) is 3.91. The zero-order valence-corrected chi connectivity index (χ0v) is 18.7. The molecule has 1 unspecified atom stereocenters. The van der Waals surface area contributed by atoms with E-state index in [4.69, 9.17) is 9.47 Å². The largest absolute Gasteiger partial charge is 0.497 e. The van der Waals surface area contributed by atoms with Crippen LogP contribution in [0.5, 0.6) is 5.75 Å². The number of carbonyl (C=O) groups is 1. The molecule has 3 aromatic rings. The SMILES string of the molecule is COc1ccc(C2(O)OC(=O)C(c3ccc(F)c(F)c3F)=C2Cc2ccc(N(C)C)cc2)cc1. The maximum atomic E-state index is 14.7. The Morgan fingerprint density at radius 1 is 0.941 bits per heavy atom. The molecule has 0 fully saturated rings. The first kappa shape index (κ1) is 23.4. The van der Waals surface area contributed by atoms with E-state index in [1.165, 1.54) is 19.2 Å². The van der Waals surface area contributed by atoms with E-state index < -0.39 is 34.8 Å². The lowest BCUT2D eigenvalue weighted by atomic mass is 9.88. The Labute approximate surface area is 194 Å². The van der Waals surface area contributed by atoms with Gasteiger partial charge in [-0.05, 0) is 54.1 Å². The van der Waals surface area contributed by atoms with E-state index in [0.717, 1.165) is 17.8 Å². The van der Waals surface area contributed by atoms with E-state index in [2.05, 4.69) is 0 Å². The maximum Gasteiger partial charge on any atom is 0.342 e.